The second-order valence-electron chi connectivity index (χ2n) is 20.7. The lowest BCUT2D eigenvalue weighted by Gasteiger charge is -2.12. The summed E-state index contributed by atoms with van der Waals surface area (Å²) in [5.74, 6) is 1.26. The Hall–Kier alpha value is -11.2. The zero-order valence-electron chi connectivity index (χ0n) is 44.1. The van der Waals surface area contributed by atoms with Crippen molar-refractivity contribution in [2.24, 2.45) is 0 Å². The molecule has 0 radical (unpaired) electrons. The van der Waals surface area contributed by atoms with E-state index in [-0.39, 0.29) is 0 Å². The summed E-state index contributed by atoms with van der Waals surface area (Å²) in [5.41, 5.74) is 19.7. The van der Waals surface area contributed by atoms with Crippen molar-refractivity contribution in [2.45, 2.75) is 0 Å². The molecule has 0 saturated heterocycles. The summed E-state index contributed by atoms with van der Waals surface area (Å²) >= 11 is 0. The molecule has 0 fully saturated rings. The lowest BCUT2D eigenvalue weighted by atomic mass is 10.0. The van der Waals surface area contributed by atoms with E-state index in [0.29, 0.717) is 11.6 Å². The van der Waals surface area contributed by atoms with Crippen LogP contribution in [0.3, 0.4) is 0 Å². The third-order valence-corrected chi connectivity index (χ3v) is 15.8. The number of pyridine rings is 2. The molecule has 6 heterocycles. The predicted octanol–water partition coefficient (Wildman–Crippen LogP) is 18.2. The average molecular weight is 1050 g/mol. The highest BCUT2D eigenvalue weighted by Crippen LogP contribution is 2.37. The number of aromatic nitrogens is 8. The molecule has 0 unspecified atom stereocenters. The maximum absolute atomic E-state index is 5.25. The first-order chi connectivity index (χ1) is 40.6. The maximum atomic E-state index is 5.25. The van der Waals surface area contributed by atoms with Gasteiger partial charge < -0.3 is 9.13 Å². The average Bonchev–Trinajstić information content (AvgIpc) is 4.30. The summed E-state index contributed by atoms with van der Waals surface area (Å²) in [7, 11) is 0. The Bertz CT molecular complexity index is 4710. The molecule has 10 aromatic carbocycles. The number of hydrogen-bond acceptors (Lipinski definition) is 6. The fourth-order valence-electron chi connectivity index (χ4n) is 11.8. The lowest BCUT2D eigenvalue weighted by Crippen LogP contribution is -1.98. The normalized spacial score (nSPS) is 11.7. The Morgan fingerprint density at radius 2 is 0.524 bits per heavy atom. The van der Waals surface area contributed by atoms with Gasteiger partial charge in [-0.1, -0.05) is 182 Å². The molecule has 382 valence electrons. The van der Waals surface area contributed by atoms with E-state index >= 15 is 0 Å². The number of para-hydroxylation sites is 6. The standard InChI is InChI=1S/C74H46N8/c1-7-19-63-53(13-1)41-55(45-75-63)67-43-65(49-33-37-57(38-34-49)81-69-21-9-3-15-59(69)60-16-4-10-22-70(60)81)77-73(79-67)51-29-25-47(26-30-51)48-27-31-52(32-28-48)74-78-66(44-68(80-74)56-42-54-14-2-8-20-64(54)76-46-56)50-35-39-58(40-36-50)82-71-23-11-5-17-61(71)62-18-6-12-24-72(62)82/h1-46H. The zero-order valence-corrected chi connectivity index (χ0v) is 44.1. The fraction of sp³-hybridized carbons (Fsp3) is 0. The molecule has 82 heavy (non-hydrogen) atoms. The highest BCUT2D eigenvalue weighted by Gasteiger charge is 2.18. The Balaban J connectivity index is 0.734. The van der Waals surface area contributed by atoms with E-state index in [4.69, 9.17) is 29.9 Å². The Morgan fingerprint density at radius 3 is 0.890 bits per heavy atom. The zero-order chi connectivity index (χ0) is 54.1. The molecule has 6 aromatic heterocycles. The number of rotatable bonds is 9. The van der Waals surface area contributed by atoms with Crippen LogP contribution in [0.1, 0.15) is 0 Å². The van der Waals surface area contributed by atoms with Crippen molar-refractivity contribution in [3.8, 4) is 90.3 Å². The summed E-state index contributed by atoms with van der Waals surface area (Å²) in [5, 5.41) is 7.03. The van der Waals surface area contributed by atoms with Crippen LogP contribution in [0, 0.1) is 0 Å². The van der Waals surface area contributed by atoms with Crippen LogP contribution in [-0.4, -0.2) is 39.0 Å². The monoisotopic (exact) mass is 1050 g/mol. The molecule has 8 heteroatoms. The molecular formula is C74H46N8. The van der Waals surface area contributed by atoms with Gasteiger partial charge in [0.05, 0.1) is 55.9 Å². The molecule has 0 aliphatic heterocycles. The number of hydrogen-bond donors (Lipinski definition) is 0. The van der Waals surface area contributed by atoms with Crippen LogP contribution in [0.15, 0.2) is 279 Å². The smallest absolute Gasteiger partial charge is 0.160 e. The molecule has 0 bridgehead atoms. The minimum atomic E-state index is 0.629. The van der Waals surface area contributed by atoms with Gasteiger partial charge in [-0.15, -0.1) is 0 Å². The first-order valence-electron chi connectivity index (χ1n) is 27.5. The first-order valence-corrected chi connectivity index (χ1v) is 27.5. The molecule has 0 spiro atoms. The van der Waals surface area contributed by atoms with Crippen molar-refractivity contribution >= 4 is 65.4 Å². The topological polar surface area (TPSA) is 87.2 Å². The predicted molar refractivity (Wildman–Crippen MR) is 335 cm³/mol. The largest absolute Gasteiger partial charge is 0.309 e. The molecule has 0 saturated carbocycles. The van der Waals surface area contributed by atoms with Crippen LogP contribution in [0.5, 0.6) is 0 Å². The van der Waals surface area contributed by atoms with E-state index in [1.54, 1.807) is 0 Å². The van der Waals surface area contributed by atoms with Crippen molar-refractivity contribution in [3.05, 3.63) is 279 Å². The summed E-state index contributed by atoms with van der Waals surface area (Å²) in [6.07, 6.45) is 3.81. The minimum absolute atomic E-state index is 0.629. The molecule has 0 N–H and O–H groups in total. The SMILES string of the molecule is c1ccc2ncc(-c3cc(-c4ccc(-n5c6ccccc6c6ccccc65)cc4)nc(-c4ccc(-c5ccc(-c6nc(-c7ccc(-n8c9ccccc9c9ccccc98)cc7)cc(-c7cnc8ccccc8c7)n6)cc5)cc4)n3)cc2c1. The van der Waals surface area contributed by atoms with Crippen LogP contribution in [0.4, 0.5) is 0 Å². The molecule has 8 nitrogen and oxygen atoms in total. The second kappa shape index (κ2) is 19.3. The Labute approximate surface area is 471 Å². The van der Waals surface area contributed by atoms with Crippen molar-refractivity contribution in [3.63, 3.8) is 0 Å². The molecule has 0 atom stereocenters. The molecule has 16 rings (SSSR count). The van der Waals surface area contributed by atoms with Crippen molar-refractivity contribution < 1.29 is 0 Å². The van der Waals surface area contributed by atoms with Gasteiger partial charge in [0.2, 0.25) is 0 Å². The van der Waals surface area contributed by atoms with Crippen LogP contribution >= 0.6 is 0 Å². The lowest BCUT2D eigenvalue weighted by molar-refractivity contribution is 1.17. The van der Waals surface area contributed by atoms with E-state index in [0.717, 1.165) is 100 Å². The van der Waals surface area contributed by atoms with Gasteiger partial charge in [-0.2, -0.15) is 0 Å². The van der Waals surface area contributed by atoms with Gasteiger partial charge in [0.1, 0.15) is 0 Å². The molecule has 0 amide bonds. The van der Waals surface area contributed by atoms with Crippen molar-refractivity contribution in [2.75, 3.05) is 0 Å². The highest BCUT2D eigenvalue weighted by atomic mass is 15.0. The van der Waals surface area contributed by atoms with Crippen LogP contribution < -0.4 is 0 Å². The van der Waals surface area contributed by atoms with Gasteiger partial charge in [-0.3, -0.25) is 9.97 Å². The highest BCUT2D eigenvalue weighted by molar-refractivity contribution is 6.10. The Kier molecular flexibility index (Phi) is 11.0. The van der Waals surface area contributed by atoms with Crippen LogP contribution in [0.2, 0.25) is 0 Å². The van der Waals surface area contributed by atoms with Crippen molar-refractivity contribution in [1.82, 2.24) is 39.0 Å². The van der Waals surface area contributed by atoms with E-state index in [2.05, 4.69) is 240 Å². The van der Waals surface area contributed by atoms with E-state index < -0.39 is 0 Å². The van der Waals surface area contributed by atoms with Crippen LogP contribution in [-0.2, 0) is 0 Å². The quantitative estimate of drug-likeness (QED) is 0.143. The summed E-state index contributed by atoms with van der Waals surface area (Å²) < 4.78 is 4.67. The van der Waals surface area contributed by atoms with E-state index in [9.17, 15) is 0 Å². The van der Waals surface area contributed by atoms with Gasteiger partial charge >= 0.3 is 0 Å². The third-order valence-electron chi connectivity index (χ3n) is 15.8. The van der Waals surface area contributed by atoms with Gasteiger partial charge in [0, 0.05) is 89.5 Å². The molecular weight excluding hydrogens is 1000 g/mol. The molecule has 0 aliphatic rings. The number of fused-ring (bicyclic) bond motifs is 8. The van der Waals surface area contributed by atoms with Gasteiger partial charge in [-0.05, 0) is 96.1 Å². The van der Waals surface area contributed by atoms with E-state index in [1.807, 2.05) is 48.8 Å². The summed E-state index contributed by atoms with van der Waals surface area (Å²) in [4.78, 5) is 30.6. The number of nitrogens with zero attached hydrogens (tertiary/aromatic N) is 8. The molecule has 0 aliphatic carbocycles. The summed E-state index contributed by atoms with van der Waals surface area (Å²) in [6.45, 7) is 0. The molecule has 16 aromatic rings. The van der Waals surface area contributed by atoms with E-state index in [1.165, 1.54) is 43.6 Å². The number of benzene rings is 10. The van der Waals surface area contributed by atoms with Gasteiger partial charge in [0.15, 0.2) is 11.6 Å². The van der Waals surface area contributed by atoms with Crippen molar-refractivity contribution in [1.29, 1.82) is 0 Å². The first kappa shape index (κ1) is 46.8. The summed E-state index contributed by atoms with van der Waals surface area (Å²) in [6, 6.07) is 93.6. The van der Waals surface area contributed by atoms with Gasteiger partial charge in [-0.25, -0.2) is 19.9 Å². The maximum Gasteiger partial charge on any atom is 0.160 e. The Morgan fingerprint density at radius 1 is 0.232 bits per heavy atom. The van der Waals surface area contributed by atoms with Gasteiger partial charge in [0.25, 0.3) is 0 Å². The third kappa shape index (κ3) is 8.16. The van der Waals surface area contributed by atoms with Crippen LogP contribution in [0.25, 0.3) is 156 Å². The fourth-order valence-corrected chi connectivity index (χ4v) is 11.8. The second-order valence-corrected chi connectivity index (χ2v) is 20.7. The minimum Gasteiger partial charge on any atom is -0.309 e.